The number of carbonyl (C=O) groups is 2. The molecule has 4 rings (SSSR count). The van der Waals surface area contributed by atoms with Gasteiger partial charge in [-0.25, -0.2) is 12.7 Å². The fourth-order valence-corrected chi connectivity index (χ4v) is 4.90. The van der Waals surface area contributed by atoms with E-state index in [0.29, 0.717) is 16.1 Å². The van der Waals surface area contributed by atoms with Gasteiger partial charge in [0.15, 0.2) is 0 Å². The van der Waals surface area contributed by atoms with Gasteiger partial charge in [-0.3, -0.25) is 14.6 Å². The topological polar surface area (TPSA) is 108 Å². The van der Waals surface area contributed by atoms with Crippen LogP contribution >= 0.6 is 11.6 Å². The van der Waals surface area contributed by atoms with Gasteiger partial charge in [0.05, 0.1) is 16.5 Å². The molecule has 8 nitrogen and oxygen atoms in total. The van der Waals surface area contributed by atoms with Gasteiger partial charge in [0.25, 0.3) is 11.7 Å². The molecule has 3 aromatic rings. The highest BCUT2D eigenvalue weighted by Gasteiger charge is 2.46. The number of aliphatic hydroxyl groups is 1. The number of aliphatic hydroxyl groups excluding tert-OH is 1. The first kappa shape index (κ1) is 24.6. The Morgan fingerprint density at radius 3 is 2.29 bits per heavy atom. The van der Waals surface area contributed by atoms with E-state index < -0.39 is 33.5 Å². The largest absolute Gasteiger partial charge is 0.507 e. The number of sulfonamides is 1. The van der Waals surface area contributed by atoms with E-state index in [-0.39, 0.29) is 22.6 Å². The van der Waals surface area contributed by atoms with Gasteiger partial charge in [0.2, 0.25) is 10.0 Å². The maximum atomic E-state index is 13.1. The summed E-state index contributed by atoms with van der Waals surface area (Å²) in [5.74, 6) is -2.00. The van der Waals surface area contributed by atoms with Crippen molar-refractivity contribution in [2.75, 3.05) is 14.1 Å². The molecule has 2 aromatic carbocycles. The molecule has 35 heavy (non-hydrogen) atoms. The molecule has 10 heteroatoms. The molecule has 180 valence electrons. The van der Waals surface area contributed by atoms with Crippen molar-refractivity contribution in [3.8, 4) is 0 Å². The second kappa shape index (κ2) is 9.61. The van der Waals surface area contributed by atoms with E-state index in [1.165, 1.54) is 43.3 Å². The number of likely N-dealkylation sites (tertiary alicyclic amines) is 1. The lowest BCUT2D eigenvalue weighted by atomic mass is 9.95. The Labute approximate surface area is 208 Å². The van der Waals surface area contributed by atoms with Gasteiger partial charge in [0.1, 0.15) is 5.76 Å². The molecule has 0 saturated carbocycles. The summed E-state index contributed by atoms with van der Waals surface area (Å²) in [7, 11) is -0.840. The fourth-order valence-electron chi connectivity index (χ4n) is 3.87. The molecule has 1 aliphatic heterocycles. The number of hydrogen-bond donors (Lipinski definition) is 1. The van der Waals surface area contributed by atoms with Crippen LogP contribution in [0.4, 0.5) is 0 Å². The number of Topliss-reactive ketones (excluding diaryl/α,β-unsaturated/α-hetero) is 1. The number of hydrogen-bond acceptors (Lipinski definition) is 6. The molecule has 0 spiro atoms. The van der Waals surface area contributed by atoms with Crippen molar-refractivity contribution >= 4 is 39.1 Å². The summed E-state index contributed by atoms with van der Waals surface area (Å²) in [6.45, 7) is 0.0997. The molecule has 1 saturated heterocycles. The molecule has 0 aliphatic carbocycles. The molecule has 1 fully saturated rings. The fraction of sp³-hybridized carbons (Fsp3) is 0.160. The number of benzene rings is 2. The first-order valence-corrected chi connectivity index (χ1v) is 12.4. The van der Waals surface area contributed by atoms with Gasteiger partial charge in [-0.15, -0.1) is 0 Å². The van der Waals surface area contributed by atoms with Crippen LogP contribution in [-0.4, -0.2) is 53.5 Å². The Morgan fingerprint density at radius 1 is 1.06 bits per heavy atom. The summed E-state index contributed by atoms with van der Waals surface area (Å²) in [4.78, 5) is 31.7. The van der Waals surface area contributed by atoms with Crippen molar-refractivity contribution < 1.29 is 23.1 Å². The number of ketones is 1. The monoisotopic (exact) mass is 511 g/mol. The Morgan fingerprint density at radius 2 is 1.71 bits per heavy atom. The van der Waals surface area contributed by atoms with Gasteiger partial charge in [0, 0.05) is 43.6 Å². The minimum Gasteiger partial charge on any atom is -0.507 e. The van der Waals surface area contributed by atoms with Crippen molar-refractivity contribution in [3.05, 3.63) is 100 Å². The lowest BCUT2D eigenvalue weighted by Gasteiger charge is -2.25. The summed E-state index contributed by atoms with van der Waals surface area (Å²) in [6, 6.07) is 14.8. The van der Waals surface area contributed by atoms with Crippen LogP contribution in [0.25, 0.3) is 5.76 Å². The number of carbonyl (C=O) groups excluding carboxylic acids is 2. The van der Waals surface area contributed by atoms with Gasteiger partial charge >= 0.3 is 0 Å². The van der Waals surface area contributed by atoms with Crippen LogP contribution in [0.1, 0.15) is 22.7 Å². The number of amides is 1. The van der Waals surface area contributed by atoms with Gasteiger partial charge in [-0.1, -0.05) is 29.8 Å². The normalized spacial score (nSPS) is 17.8. The minimum atomic E-state index is -3.67. The van der Waals surface area contributed by atoms with Crippen molar-refractivity contribution in [1.82, 2.24) is 14.2 Å². The smallest absolute Gasteiger partial charge is 0.295 e. The second-order valence-electron chi connectivity index (χ2n) is 8.15. The summed E-state index contributed by atoms with van der Waals surface area (Å²) in [5, 5.41) is 11.6. The average molecular weight is 512 g/mol. The molecule has 1 unspecified atom stereocenters. The average Bonchev–Trinajstić information content (AvgIpc) is 3.09. The van der Waals surface area contributed by atoms with E-state index in [1.54, 1.807) is 48.8 Å². The standard InChI is InChI=1S/C25H22ClN3O5S/c1-28(2)35(33,34)20-11-7-18(8-12-20)23(30)21-22(17-5-9-19(26)10-6-17)29(25(32)24(21)31)15-16-4-3-13-27-14-16/h3-14,22,30H,15H2,1-2H3/b23-21+. The van der Waals surface area contributed by atoms with Gasteiger partial charge in [-0.2, -0.15) is 0 Å². The van der Waals surface area contributed by atoms with Crippen molar-refractivity contribution in [2.24, 2.45) is 0 Å². The number of halogens is 1. The third kappa shape index (κ3) is 4.70. The van der Waals surface area contributed by atoms with Crippen molar-refractivity contribution in [1.29, 1.82) is 0 Å². The van der Waals surface area contributed by atoms with E-state index in [1.807, 2.05) is 0 Å². The second-order valence-corrected chi connectivity index (χ2v) is 10.7. The molecule has 1 aliphatic rings. The molecule has 1 N–H and O–H groups in total. The molecule has 2 heterocycles. The summed E-state index contributed by atoms with van der Waals surface area (Å²) in [6.07, 6.45) is 3.20. The molecule has 1 aromatic heterocycles. The summed E-state index contributed by atoms with van der Waals surface area (Å²) in [5.41, 5.74) is 1.42. The molecular formula is C25H22ClN3O5S. The van der Waals surface area contributed by atoms with E-state index in [0.717, 1.165) is 4.31 Å². The van der Waals surface area contributed by atoms with Gasteiger partial charge in [-0.05, 0) is 53.6 Å². The zero-order valence-electron chi connectivity index (χ0n) is 18.9. The van der Waals surface area contributed by atoms with Crippen LogP contribution in [0.3, 0.4) is 0 Å². The number of rotatable bonds is 6. The van der Waals surface area contributed by atoms with Crippen LogP contribution in [0.5, 0.6) is 0 Å². The van der Waals surface area contributed by atoms with E-state index in [9.17, 15) is 23.1 Å². The first-order valence-electron chi connectivity index (χ1n) is 10.6. The molecule has 1 amide bonds. The Hall–Kier alpha value is -3.53. The van der Waals surface area contributed by atoms with Crippen LogP contribution in [0, 0.1) is 0 Å². The Bertz CT molecular complexity index is 1400. The zero-order valence-corrected chi connectivity index (χ0v) is 20.5. The number of aromatic nitrogens is 1. The first-order chi connectivity index (χ1) is 16.6. The predicted octanol–water partition coefficient (Wildman–Crippen LogP) is 3.61. The van der Waals surface area contributed by atoms with E-state index >= 15 is 0 Å². The molecule has 1 atom stereocenters. The molecule has 0 bridgehead atoms. The third-order valence-electron chi connectivity index (χ3n) is 5.71. The van der Waals surface area contributed by atoms with Crippen molar-refractivity contribution in [3.63, 3.8) is 0 Å². The van der Waals surface area contributed by atoms with Gasteiger partial charge < -0.3 is 10.0 Å². The summed E-state index contributed by atoms with van der Waals surface area (Å²) >= 11 is 6.04. The van der Waals surface area contributed by atoms with Crippen LogP contribution in [0.15, 0.2) is 83.5 Å². The van der Waals surface area contributed by atoms with Crippen molar-refractivity contribution in [2.45, 2.75) is 17.5 Å². The Kier molecular flexibility index (Phi) is 6.75. The lowest BCUT2D eigenvalue weighted by Crippen LogP contribution is -2.29. The molecule has 0 radical (unpaired) electrons. The third-order valence-corrected chi connectivity index (χ3v) is 7.79. The molecular weight excluding hydrogens is 490 g/mol. The SMILES string of the molecule is CN(C)S(=O)(=O)c1ccc(/C(O)=C2\C(=O)C(=O)N(Cc3cccnc3)C2c2ccc(Cl)cc2)cc1. The quantitative estimate of drug-likeness (QED) is 0.308. The maximum Gasteiger partial charge on any atom is 0.295 e. The summed E-state index contributed by atoms with van der Waals surface area (Å²) < 4.78 is 25.8. The van der Waals surface area contributed by atoms with Crippen LogP contribution < -0.4 is 0 Å². The highest BCUT2D eigenvalue weighted by molar-refractivity contribution is 7.89. The highest BCUT2D eigenvalue weighted by Crippen LogP contribution is 2.40. The van der Waals surface area contributed by atoms with E-state index in [2.05, 4.69) is 4.98 Å². The highest BCUT2D eigenvalue weighted by atomic mass is 35.5. The predicted molar refractivity (Wildman–Crippen MR) is 131 cm³/mol. The Balaban J connectivity index is 1.82. The number of nitrogens with zero attached hydrogens (tertiary/aromatic N) is 3. The lowest BCUT2D eigenvalue weighted by molar-refractivity contribution is -0.140. The maximum absolute atomic E-state index is 13.1. The number of pyridine rings is 1. The zero-order chi connectivity index (χ0) is 25.3. The van der Waals surface area contributed by atoms with Crippen LogP contribution in [0.2, 0.25) is 5.02 Å². The minimum absolute atomic E-state index is 0.0327. The van der Waals surface area contributed by atoms with E-state index in [4.69, 9.17) is 11.6 Å². The van der Waals surface area contributed by atoms with Crippen LogP contribution in [-0.2, 0) is 26.2 Å².